The number of phenolic OH excluding ortho intramolecular Hbond substituents is 1. The number of rotatable bonds is 7. The van der Waals surface area contributed by atoms with Crippen LogP contribution in [0.1, 0.15) is 42.1 Å². The van der Waals surface area contributed by atoms with Gasteiger partial charge in [-0.2, -0.15) is 0 Å². The largest absolute Gasteiger partial charge is 0.504 e. The molecule has 0 saturated carbocycles. The van der Waals surface area contributed by atoms with E-state index in [9.17, 15) is 34.8 Å². The molecule has 2 bridgehead atoms. The molecular weight excluding hydrogens is 522 g/mol. The molecule has 0 unspecified atom stereocenters. The summed E-state index contributed by atoms with van der Waals surface area (Å²) in [5.74, 6) is -3.38. The molecule has 2 heterocycles. The number of carboxylic acids is 1. The second-order valence-electron chi connectivity index (χ2n) is 10.9. The van der Waals surface area contributed by atoms with Gasteiger partial charge in [-0.1, -0.05) is 36.4 Å². The van der Waals surface area contributed by atoms with Gasteiger partial charge in [-0.15, -0.1) is 0 Å². The van der Waals surface area contributed by atoms with Crippen molar-refractivity contribution >= 4 is 17.9 Å². The molecule has 2 aromatic rings. The molecule has 1 fully saturated rings. The average molecular weight is 552 g/mol. The van der Waals surface area contributed by atoms with Gasteiger partial charge in [0.1, 0.15) is 5.76 Å². The van der Waals surface area contributed by atoms with Crippen molar-refractivity contribution in [2.75, 3.05) is 13.6 Å². The molecule has 1 spiro atoms. The summed E-state index contributed by atoms with van der Waals surface area (Å²) in [5, 5.41) is 42.6. The number of hydrogen-bond acceptors (Lipinski definition) is 10. The summed E-state index contributed by atoms with van der Waals surface area (Å²) in [6, 6.07) is 10.9. The lowest BCUT2D eigenvalue weighted by molar-refractivity contribution is -0.175. The number of benzene rings is 2. The van der Waals surface area contributed by atoms with Crippen molar-refractivity contribution in [1.82, 2.24) is 4.90 Å². The third-order valence-corrected chi connectivity index (χ3v) is 8.78. The Labute approximate surface area is 229 Å². The highest BCUT2D eigenvalue weighted by atomic mass is 16.6. The van der Waals surface area contributed by atoms with Crippen LogP contribution >= 0.6 is 0 Å². The molecule has 0 amide bonds. The van der Waals surface area contributed by atoms with E-state index in [-0.39, 0.29) is 35.3 Å². The summed E-state index contributed by atoms with van der Waals surface area (Å²) in [6.07, 6.45) is -2.52. The number of likely N-dealkylation sites (N-methyl/N-ethyl adjacent to an activating group) is 1. The summed E-state index contributed by atoms with van der Waals surface area (Å²) in [6.45, 7) is 0.652. The SMILES string of the molecule is CN1CC[C@]23c4c5ccc(O)c4O[C@H]2C(OC(=O)C[C@H](O)C(=O)O[C@H](C(=O)O)c2ccccc2)=CC[C@@]3(O)[C@H]1C5. The number of carbonyl (C=O) groups is 3. The number of piperidine rings is 1. The van der Waals surface area contributed by atoms with E-state index in [2.05, 4.69) is 4.90 Å². The van der Waals surface area contributed by atoms with Crippen molar-refractivity contribution in [3.63, 3.8) is 0 Å². The van der Waals surface area contributed by atoms with Crippen LogP contribution in [0.3, 0.4) is 0 Å². The number of likely N-dealkylation sites (tertiary alicyclic amines) is 1. The zero-order chi connectivity index (χ0) is 28.4. The monoisotopic (exact) mass is 551 g/mol. The van der Waals surface area contributed by atoms with E-state index in [1.807, 2.05) is 13.1 Å². The number of aliphatic hydroxyl groups is 2. The number of aromatic hydroxyl groups is 1. The molecule has 6 rings (SSSR count). The normalized spacial score (nSPS) is 29.3. The average Bonchev–Trinajstić information content (AvgIpc) is 3.28. The van der Waals surface area contributed by atoms with Crippen LogP contribution in [0, 0.1) is 0 Å². The van der Waals surface area contributed by atoms with Gasteiger partial charge in [-0.25, -0.2) is 9.59 Å². The molecule has 11 heteroatoms. The van der Waals surface area contributed by atoms with Crippen LogP contribution in [0.5, 0.6) is 11.5 Å². The molecule has 4 N–H and O–H groups in total. The molecule has 0 aromatic heterocycles. The molecule has 6 atom stereocenters. The number of carbonyl (C=O) groups excluding carboxylic acids is 2. The molecular formula is C29H29NO10. The van der Waals surface area contributed by atoms with E-state index >= 15 is 0 Å². The number of nitrogens with zero attached hydrogens (tertiary/aromatic N) is 1. The summed E-state index contributed by atoms with van der Waals surface area (Å²) in [5.41, 5.74) is -0.317. The van der Waals surface area contributed by atoms with Gasteiger partial charge in [0.25, 0.3) is 0 Å². The molecule has 4 aliphatic rings. The van der Waals surface area contributed by atoms with Crippen molar-refractivity contribution in [3.05, 3.63) is 71.0 Å². The lowest BCUT2D eigenvalue weighted by atomic mass is 9.50. The molecule has 2 aliphatic carbocycles. The Morgan fingerprint density at radius 2 is 1.93 bits per heavy atom. The number of ether oxygens (including phenoxy) is 3. The first-order chi connectivity index (χ1) is 19.1. The van der Waals surface area contributed by atoms with E-state index in [0.29, 0.717) is 19.4 Å². The Hall–Kier alpha value is -3.93. The van der Waals surface area contributed by atoms with Gasteiger partial charge in [0.05, 0.1) is 17.4 Å². The van der Waals surface area contributed by atoms with E-state index in [4.69, 9.17) is 14.2 Å². The van der Waals surface area contributed by atoms with Crippen LogP contribution in [0.2, 0.25) is 0 Å². The fourth-order valence-corrected chi connectivity index (χ4v) is 6.94. The first-order valence-electron chi connectivity index (χ1n) is 13.1. The predicted octanol–water partition coefficient (Wildman–Crippen LogP) is 1.33. The molecule has 210 valence electrons. The van der Waals surface area contributed by atoms with Gasteiger partial charge in [0.15, 0.2) is 23.7 Å². The van der Waals surface area contributed by atoms with Crippen LogP contribution in [0.15, 0.2) is 54.3 Å². The second-order valence-corrected chi connectivity index (χ2v) is 10.9. The van der Waals surface area contributed by atoms with Crippen molar-refractivity contribution in [2.45, 2.75) is 61.1 Å². The van der Waals surface area contributed by atoms with Crippen molar-refractivity contribution in [2.24, 2.45) is 0 Å². The topological polar surface area (TPSA) is 163 Å². The van der Waals surface area contributed by atoms with Crippen LogP contribution in [0.4, 0.5) is 0 Å². The maximum atomic E-state index is 12.9. The first-order valence-corrected chi connectivity index (χ1v) is 13.1. The number of phenols is 1. The van der Waals surface area contributed by atoms with E-state index in [1.54, 1.807) is 30.3 Å². The van der Waals surface area contributed by atoms with Crippen LogP contribution in [0.25, 0.3) is 0 Å². The Morgan fingerprint density at radius 1 is 1.18 bits per heavy atom. The predicted molar refractivity (Wildman–Crippen MR) is 136 cm³/mol. The minimum Gasteiger partial charge on any atom is -0.504 e. The minimum absolute atomic E-state index is 0.0718. The fourth-order valence-electron chi connectivity index (χ4n) is 6.94. The Bertz CT molecular complexity index is 1420. The zero-order valence-electron chi connectivity index (χ0n) is 21.6. The number of esters is 2. The minimum atomic E-state index is -1.97. The van der Waals surface area contributed by atoms with Gasteiger partial charge in [0, 0.05) is 23.6 Å². The first kappa shape index (κ1) is 26.3. The quantitative estimate of drug-likeness (QED) is 0.367. The summed E-state index contributed by atoms with van der Waals surface area (Å²) >= 11 is 0. The highest BCUT2D eigenvalue weighted by Crippen LogP contribution is 2.65. The highest BCUT2D eigenvalue weighted by molar-refractivity contribution is 5.85. The molecule has 11 nitrogen and oxygen atoms in total. The zero-order valence-corrected chi connectivity index (χ0v) is 21.6. The van der Waals surface area contributed by atoms with Crippen LogP contribution in [-0.4, -0.2) is 80.7 Å². The third kappa shape index (κ3) is 3.72. The standard InChI is InChI=1S/C29H29NO10/c1-30-12-11-28-22-16-7-8-17(31)24(22)39-25(28)19(9-10-29(28,37)20(30)13-16)38-21(33)14-18(32)27(36)40-23(26(34)35)15-5-3-2-4-6-15/h2-9,18,20,23,25,31-32,37H,10-14H2,1H3,(H,34,35)/t18-,20+,23-,25-,28-,29+/m0/s1. The fraction of sp³-hybridized carbons (Fsp3) is 0.414. The molecule has 1 saturated heterocycles. The third-order valence-electron chi connectivity index (χ3n) is 8.78. The number of hydrogen-bond donors (Lipinski definition) is 4. The van der Waals surface area contributed by atoms with E-state index in [0.717, 1.165) is 11.1 Å². The molecule has 0 radical (unpaired) electrons. The van der Waals surface area contributed by atoms with Gasteiger partial charge >= 0.3 is 17.9 Å². The van der Waals surface area contributed by atoms with Crippen molar-refractivity contribution in [1.29, 1.82) is 0 Å². The van der Waals surface area contributed by atoms with Crippen LogP contribution in [-0.2, 0) is 35.7 Å². The number of aliphatic carboxylic acids is 1. The summed E-state index contributed by atoms with van der Waals surface area (Å²) < 4.78 is 16.8. The maximum absolute atomic E-state index is 12.9. The van der Waals surface area contributed by atoms with Gasteiger partial charge in [-0.3, -0.25) is 4.79 Å². The lowest BCUT2D eigenvalue weighted by Crippen LogP contribution is -2.74. The molecule has 40 heavy (non-hydrogen) atoms. The number of carboxylic acid groups (broad SMARTS) is 1. The van der Waals surface area contributed by atoms with Crippen LogP contribution < -0.4 is 4.74 Å². The van der Waals surface area contributed by atoms with E-state index in [1.165, 1.54) is 12.1 Å². The summed E-state index contributed by atoms with van der Waals surface area (Å²) in [4.78, 5) is 39.1. The van der Waals surface area contributed by atoms with Gasteiger partial charge in [0.2, 0.25) is 6.10 Å². The van der Waals surface area contributed by atoms with Gasteiger partial charge in [-0.05, 0) is 44.1 Å². The second kappa shape index (κ2) is 9.33. The maximum Gasteiger partial charge on any atom is 0.349 e. The Kier molecular flexibility index (Phi) is 6.13. The van der Waals surface area contributed by atoms with Crippen molar-refractivity contribution < 1.29 is 49.0 Å². The Morgan fingerprint density at radius 3 is 2.65 bits per heavy atom. The lowest BCUT2D eigenvalue weighted by Gasteiger charge is -2.61. The molecule has 2 aliphatic heterocycles. The van der Waals surface area contributed by atoms with Crippen molar-refractivity contribution in [3.8, 4) is 11.5 Å². The Balaban J connectivity index is 1.21. The smallest absolute Gasteiger partial charge is 0.349 e. The number of aliphatic hydroxyl groups excluding tert-OH is 1. The van der Waals surface area contributed by atoms with E-state index < -0.39 is 53.7 Å². The highest BCUT2D eigenvalue weighted by Gasteiger charge is 2.72. The molecule has 2 aromatic carbocycles. The van der Waals surface area contributed by atoms with Gasteiger partial charge < -0.3 is 39.5 Å². The summed E-state index contributed by atoms with van der Waals surface area (Å²) in [7, 11) is 1.96.